The molecule has 1 fully saturated rings. The number of nitrogens with one attached hydrogen (secondary N) is 3. The molecule has 0 aliphatic carbocycles. The minimum atomic E-state index is -3.62. The van der Waals surface area contributed by atoms with E-state index < -0.39 is 15.9 Å². The lowest BCUT2D eigenvalue weighted by atomic mass is 9.86. The van der Waals surface area contributed by atoms with Crippen molar-refractivity contribution in [3.05, 3.63) is 59.9 Å². The van der Waals surface area contributed by atoms with Gasteiger partial charge in [0.2, 0.25) is 15.9 Å². The molecule has 13 heteroatoms. The third-order valence-corrected chi connectivity index (χ3v) is 8.22. The number of nitrogens with zero attached hydrogens (tertiary/aromatic N) is 3. The molecular weight excluding hydrogens is 596 g/mol. The van der Waals surface area contributed by atoms with Gasteiger partial charge in [0, 0.05) is 30.7 Å². The van der Waals surface area contributed by atoms with E-state index in [2.05, 4.69) is 32.2 Å². The van der Waals surface area contributed by atoms with Crippen LogP contribution in [0.25, 0.3) is 10.9 Å². The van der Waals surface area contributed by atoms with Crippen molar-refractivity contribution >= 4 is 38.2 Å². The topological polar surface area (TPSA) is 146 Å². The van der Waals surface area contributed by atoms with Crippen LogP contribution in [0.1, 0.15) is 56.6 Å². The van der Waals surface area contributed by atoms with Crippen molar-refractivity contribution in [1.82, 2.24) is 19.9 Å². The molecule has 2 aromatic heterocycles. The number of carbonyl (C=O) groups excluding carboxylic acids is 1. The number of hydrogen-bond acceptors (Lipinski definition) is 9. The van der Waals surface area contributed by atoms with Crippen LogP contribution < -0.4 is 29.6 Å². The number of ether oxygens (including phenoxy) is 3. The van der Waals surface area contributed by atoms with Gasteiger partial charge in [0.15, 0.2) is 11.5 Å². The van der Waals surface area contributed by atoms with Crippen molar-refractivity contribution in [1.29, 1.82) is 0 Å². The number of hydrogen-bond donors (Lipinski definition) is 3. The van der Waals surface area contributed by atoms with Gasteiger partial charge >= 0.3 is 6.01 Å². The number of para-hydroxylation sites is 1. The van der Waals surface area contributed by atoms with Gasteiger partial charge in [0.05, 0.1) is 30.3 Å². The molecule has 12 nitrogen and oxygen atoms in total. The summed E-state index contributed by atoms with van der Waals surface area (Å²) in [5.41, 5.74) is 2.07. The standard InChI is InChI=1S/C32H40N6O6S/c1-19-15-22(11-13-33-19)43-31-34-14-12-27(36-31)44-26-10-8-9-20-16-25(38(5)28(20)26)30(39)35-23-17-21(32(2,3)4)18-24(29(23)42-6)37-45(7,40)41/h8-10,12,14,16-19,22,33,37H,11,13,15H2,1-7H3,(H,35,39). The number of piperidine rings is 1. The fraction of sp³-hybridized carbons (Fsp3) is 0.406. The van der Waals surface area contributed by atoms with E-state index >= 15 is 0 Å². The van der Waals surface area contributed by atoms with Crippen LogP contribution >= 0.6 is 0 Å². The van der Waals surface area contributed by atoms with Gasteiger partial charge in [-0.15, -0.1) is 0 Å². The van der Waals surface area contributed by atoms with Crippen LogP contribution in [-0.2, 0) is 22.5 Å². The van der Waals surface area contributed by atoms with Crippen molar-refractivity contribution < 1.29 is 27.4 Å². The van der Waals surface area contributed by atoms with Crippen LogP contribution in [0.15, 0.2) is 48.7 Å². The first-order valence-electron chi connectivity index (χ1n) is 14.7. The molecule has 0 spiro atoms. The Hall–Kier alpha value is -4.36. The van der Waals surface area contributed by atoms with Crippen LogP contribution in [0.3, 0.4) is 0 Å². The quantitative estimate of drug-likeness (QED) is 0.225. The van der Waals surface area contributed by atoms with E-state index in [-0.39, 0.29) is 29.0 Å². The number of benzene rings is 2. The molecule has 3 heterocycles. The van der Waals surface area contributed by atoms with Crippen LogP contribution in [-0.4, -0.2) is 60.9 Å². The molecule has 5 rings (SSSR count). The molecular formula is C32H40N6O6S. The predicted octanol–water partition coefficient (Wildman–Crippen LogP) is 5.21. The van der Waals surface area contributed by atoms with Gasteiger partial charge < -0.3 is 29.4 Å². The van der Waals surface area contributed by atoms with Gasteiger partial charge in [-0.3, -0.25) is 9.52 Å². The van der Waals surface area contributed by atoms with E-state index in [1.54, 1.807) is 48.1 Å². The molecule has 0 bridgehead atoms. The zero-order chi connectivity index (χ0) is 32.5. The van der Waals surface area contributed by atoms with E-state index in [1.807, 2.05) is 32.9 Å². The largest absolute Gasteiger partial charge is 0.492 e. The molecule has 1 aliphatic heterocycles. The Labute approximate surface area is 263 Å². The van der Waals surface area contributed by atoms with Crippen molar-refractivity contribution in [2.24, 2.45) is 7.05 Å². The monoisotopic (exact) mass is 636 g/mol. The Bertz CT molecular complexity index is 1830. The number of sulfonamides is 1. The van der Waals surface area contributed by atoms with Gasteiger partial charge in [-0.1, -0.05) is 32.9 Å². The van der Waals surface area contributed by atoms with Gasteiger partial charge in [0.25, 0.3) is 5.91 Å². The summed E-state index contributed by atoms with van der Waals surface area (Å²) in [6, 6.07) is 13.1. The zero-order valence-electron chi connectivity index (χ0n) is 26.6. The summed E-state index contributed by atoms with van der Waals surface area (Å²) in [4.78, 5) is 22.5. The van der Waals surface area contributed by atoms with Crippen LogP contribution in [0.2, 0.25) is 0 Å². The normalized spacial score (nSPS) is 17.1. The number of methoxy groups -OCH3 is 1. The fourth-order valence-corrected chi connectivity index (χ4v) is 5.96. The highest BCUT2D eigenvalue weighted by Crippen LogP contribution is 2.40. The second-order valence-electron chi connectivity index (χ2n) is 12.4. The average molecular weight is 637 g/mol. The summed E-state index contributed by atoms with van der Waals surface area (Å²) in [7, 11) is -0.420. The van der Waals surface area contributed by atoms with E-state index in [9.17, 15) is 13.2 Å². The Morgan fingerprint density at radius 1 is 1.13 bits per heavy atom. The van der Waals surface area contributed by atoms with Gasteiger partial charge in [-0.25, -0.2) is 13.4 Å². The van der Waals surface area contributed by atoms with Crippen molar-refractivity contribution in [3.63, 3.8) is 0 Å². The minimum absolute atomic E-state index is 0.0230. The molecule has 45 heavy (non-hydrogen) atoms. The lowest BCUT2D eigenvalue weighted by Crippen LogP contribution is -2.40. The zero-order valence-corrected chi connectivity index (χ0v) is 27.4. The Balaban J connectivity index is 1.44. The van der Waals surface area contributed by atoms with Crippen LogP contribution in [0.4, 0.5) is 11.4 Å². The number of aryl methyl sites for hydroxylation is 1. The highest BCUT2D eigenvalue weighted by molar-refractivity contribution is 7.92. The number of rotatable bonds is 9. The van der Waals surface area contributed by atoms with Crippen LogP contribution in [0, 0.1) is 0 Å². The Kier molecular flexibility index (Phi) is 8.95. The second-order valence-corrected chi connectivity index (χ2v) is 14.1. The average Bonchev–Trinajstić information content (AvgIpc) is 3.29. The summed E-state index contributed by atoms with van der Waals surface area (Å²) in [6.07, 6.45) is 4.42. The van der Waals surface area contributed by atoms with Crippen LogP contribution in [0.5, 0.6) is 23.4 Å². The summed E-state index contributed by atoms with van der Waals surface area (Å²) in [6.45, 7) is 8.99. The summed E-state index contributed by atoms with van der Waals surface area (Å²) in [5.74, 6) is 0.603. The number of aromatic nitrogens is 3. The van der Waals surface area contributed by atoms with Gasteiger partial charge in [-0.05, 0) is 61.6 Å². The van der Waals surface area contributed by atoms with E-state index in [0.717, 1.165) is 36.6 Å². The maximum atomic E-state index is 13.7. The highest BCUT2D eigenvalue weighted by Gasteiger charge is 2.25. The lowest BCUT2D eigenvalue weighted by Gasteiger charge is -2.27. The first kappa shape index (κ1) is 32.0. The number of anilines is 2. The fourth-order valence-electron chi connectivity index (χ4n) is 5.41. The Morgan fingerprint density at radius 3 is 2.58 bits per heavy atom. The third-order valence-electron chi connectivity index (χ3n) is 7.62. The number of fused-ring (bicyclic) bond motifs is 1. The summed E-state index contributed by atoms with van der Waals surface area (Å²) in [5, 5.41) is 7.12. The molecule has 3 N–H and O–H groups in total. The van der Waals surface area contributed by atoms with Crippen molar-refractivity contribution in [3.8, 4) is 23.4 Å². The highest BCUT2D eigenvalue weighted by atomic mass is 32.2. The predicted molar refractivity (Wildman–Crippen MR) is 174 cm³/mol. The number of amides is 1. The van der Waals surface area contributed by atoms with Gasteiger partial charge in [-0.2, -0.15) is 4.98 Å². The molecule has 2 aromatic carbocycles. The molecule has 1 amide bonds. The van der Waals surface area contributed by atoms with E-state index in [4.69, 9.17) is 14.2 Å². The Morgan fingerprint density at radius 2 is 1.89 bits per heavy atom. The first-order chi connectivity index (χ1) is 21.2. The van der Waals surface area contributed by atoms with Gasteiger partial charge in [0.1, 0.15) is 11.8 Å². The third kappa shape index (κ3) is 7.48. The van der Waals surface area contributed by atoms with E-state index in [0.29, 0.717) is 34.6 Å². The molecule has 0 saturated carbocycles. The summed E-state index contributed by atoms with van der Waals surface area (Å²) >= 11 is 0. The van der Waals surface area contributed by atoms with Crippen molar-refractivity contribution in [2.75, 3.05) is 29.9 Å². The van der Waals surface area contributed by atoms with Crippen molar-refractivity contribution in [2.45, 2.75) is 58.1 Å². The maximum Gasteiger partial charge on any atom is 0.319 e. The molecule has 2 atom stereocenters. The smallest absolute Gasteiger partial charge is 0.319 e. The molecule has 2 unspecified atom stereocenters. The van der Waals surface area contributed by atoms with E-state index in [1.165, 1.54) is 7.11 Å². The maximum absolute atomic E-state index is 13.7. The first-order valence-corrected chi connectivity index (χ1v) is 16.6. The SMILES string of the molecule is COc1c(NC(=O)c2cc3cccc(Oc4ccnc(OC5CCNC(C)C5)n4)c3n2C)cc(C(C)(C)C)cc1NS(C)(=O)=O. The molecule has 0 radical (unpaired) electrons. The molecule has 240 valence electrons. The number of carbonyl (C=O) groups is 1. The second kappa shape index (κ2) is 12.6. The molecule has 1 saturated heterocycles. The lowest BCUT2D eigenvalue weighted by molar-refractivity contribution is 0.101. The summed E-state index contributed by atoms with van der Waals surface area (Å²) < 4.78 is 46.3. The molecule has 4 aromatic rings. The molecule has 1 aliphatic rings. The minimum Gasteiger partial charge on any atom is -0.492 e.